The number of hydrogen-bond donors (Lipinski definition) is 1. The lowest BCUT2D eigenvalue weighted by Crippen LogP contribution is -2.58. The number of hydrogen-bond acceptors (Lipinski definition) is 8. The lowest BCUT2D eigenvalue weighted by Gasteiger charge is -2.43. The molecule has 3 aromatic rings. The maximum atomic E-state index is 13.4. The van der Waals surface area contributed by atoms with Crippen LogP contribution >= 0.6 is 0 Å². The topological polar surface area (TPSA) is 136 Å². The third-order valence-corrected chi connectivity index (χ3v) is 7.24. The number of fused-ring (bicyclic) bond motifs is 3. The molecule has 11 heteroatoms. The Balaban J connectivity index is 1.52. The van der Waals surface area contributed by atoms with Crippen LogP contribution in [0.15, 0.2) is 59.6 Å². The highest BCUT2D eigenvalue weighted by atomic mass is 32.2. The molecular weight excluding hydrogens is 470 g/mol. The SMILES string of the molecule is CS(=O)(=O)c1ccc(CN2C(=O)C3COCCN3c3nc(-c4ccc(C(N)=O)cc4)ncc32)cc1. The molecule has 5 rings (SSSR count). The van der Waals surface area contributed by atoms with Crippen molar-refractivity contribution in [2.75, 3.05) is 35.8 Å². The van der Waals surface area contributed by atoms with Gasteiger partial charge in [-0.1, -0.05) is 24.3 Å². The van der Waals surface area contributed by atoms with E-state index in [1.54, 1.807) is 47.5 Å². The highest BCUT2D eigenvalue weighted by Crippen LogP contribution is 2.37. The molecule has 2 amide bonds. The minimum absolute atomic E-state index is 0.133. The molecule has 180 valence electrons. The molecule has 0 saturated carbocycles. The molecule has 1 aromatic heterocycles. The molecule has 0 bridgehead atoms. The van der Waals surface area contributed by atoms with Crippen molar-refractivity contribution in [2.24, 2.45) is 5.73 Å². The third kappa shape index (κ3) is 4.35. The standard InChI is InChI=1S/C24H23N5O5S/c1-35(32,33)18-8-2-15(3-9-18)13-29-19-12-26-22(17-6-4-16(5-7-17)21(25)30)27-23(19)28-10-11-34-14-20(28)24(29)31/h2-9,12,20H,10-11,13-14H2,1H3,(H2,25,30). The number of rotatable bonds is 5. The second-order valence-electron chi connectivity index (χ2n) is 8.47. The molecule has 2 aromatic carbocycles. The van der Waals surface area contributed by atoms with Crippen LogP contribution in [0.2, 0.25) is 0 Å². The smallest absolute Gasteiger partial charge is 0.252 e. The van der Waals surface area contributed by atoms with Crippen molar-refractivity contribution < 1.29 is 22.7 Å². The van der Waals surface area contributed by atoms with Crippen molar-refractivity contribution in [1.29, 1.82) is 0 Å². The zero-order chi connectivity index (χ0) is 24.7. The summed E-state index contributed by atoms with van der Waals surface area (Å²) in [5, 5.41) is 0. The van der Waals surface area contributed by atoms with Gasteiger partial charge in [0.15, 0.2) is 21.5 Å². The van der Waals surface area contributed by atoms with Gasteiger partial charge in [0.05, 0.1) is 30.9 Å². The summed E-state index contributed by atoms with van der Waals surface area (Å²) < 4.78 is 29.2. The summed E-state index contributed by atoms with van der Waals surface area (Å²) in [5.74, 6) is 0.427. The molecule has 0 aliphatic carbocycles. The number of morpholine rings is 1. The Bertz CT molecular complexity index is 1410. The Kier molecular flexibility index (Phi) is 5.73. The summed E-state index contributed by atoms with van der Waals surface area (Å²) in [7, 11) is -3.32. The first-order chi connectivity index (χ1) is 16.7. The Hall–Kier alpha value is -3.83. The molecule has 2 aliphatic rings. The highest BCUT2D eigenvalue weighted by Gasteiger charge is 2.41. The minimum atomic E-state index is -3.32. The lowest BCUT2D eigenvalue weighted by molar-refractivity contribution is -0.122. The predicted octanol–water partition coefficient (Wildman–Crippen LogP) is 1.40. The van der Waals surface area contributed by atoms with Crippen LogP contribution in [0.25, 0.3) is 11.4 Å². The van der Waals surface area contributed by atoms with Gasteiger partial charge in [-0.2, -0.15) is 0 Å². The third-order valence-electron chi connectivity index (χ3n) is 6.11. The summed E-state index contributed by atoms with van der Waals surface area (Å²) >= 11 is 0. The first-order valence-corrected chi connectivity index (χ1v) is 12.8. The Labute approximate surface area is 202 Å². The van der Waals surface area contributed by atoms with Crippen LogP contribution in [0.3, 0.4) is 0 Å². The monoisotopic (exact) mass is 493 g/mol. The van der Waals surface area contributed by atoms with Gasteiger partial charge in [0.2, 0.25) is 5.91 Å². The number of benzene rings is 2. The molecule has 10 nitrogen and oxygen atoms in total. The first kappa shape index (κ1) is 22.9. The summed E-state index contributed by atoms with van der Waals surface area (Å²) in [5.41, 5.74) is 7.77. The number of sulfone groups is 1. The number of amides is 2. The van der Waals surface area contributed by atoms with Gasteiger partial charge in [-0.15, -0.1) is 0 Å². The molecule has 2 N–H and O–H groups in total. The quantitative estimate of drug-likeness (QED) is 0.563. The molecule has 1 fully saturated rings. The van der Waals surface area contributed by atoms with E-state index in [-0.39, 0.29) is 24.0 Å². The summed E-state index contributed by atoms with van der Waals surface area (Å²) in [6.45, 7) is 1.46. The zero-order valence-corrected chi connectivity index (χ0v) is 19.7. The fourth-order valence-electron chi connectivity index (χ4n) is 4.24. The van der Waals surface area contributed by atoms with Gasteiger partial charge in [0.25, 0.3) is 5.91 Å². The van der Waals surface area contributed by atoms with E-state index in [4.69, 9.17) is 15.5 Å². The summed E-state index contributed by atoms with van der Waals surface area (Å²) in [6, 6.07) is 12.6. The van der Waals surface area contributed by atoms with E-state index in [1.807, 2.05) is 4.90 Å². The number of primary amides is 1. The fraction of sp³-hybridized carbons (Fsp3) is 0.250. The number of carbonyl (C=O) groups is 2. The molecule has 3 heterocycles. The number of aromatic nitrogens is 2. The number of nitrogens with two attached hydrogens (primary N) is 1. The first-order valence-electron chi connectivity index (χ1n) is 10.9. The van der Waals surface area contributed by atoms with Crippen molar-refractivity contribution in [1.82, 2.24) is 9.97 Å². The summed E-state index contributed by atoms with van der Waals surface area (Å²) in [4.78, 5) is 37.8. The molecule has 1 unspecified atom stereocenters. The number of carbonyl (C=O) groups excluding carboxylic acids is 2. The van der Waals surface area contributed by atoms with Crippen LogP contribution < -0.4 is 15.5 Å². The average Bonchev–Trinajstić information content (AvgIpc) is 2.86. The van der Waals surface area contributed by atoms with Crippen LogP contribution in [0.4, 0.5) is 11.5 Å². The van der Waals surface area contributed by atoms with Crippen molar-refractivity contribution in [3.63, 3.8) is 0 Å². The van der Waals surface area contributed by atoms with Crippen molar-refractivity contribution in [2.45, 2.75) is 17.5 Å². The van der Waals surface area contributed by atoms with Crippen LogP contribution in [0.5, 0.6) is 0 Å². The molecule has 1 saturated heterocycles. The maximum absolute atomic E-state index is 13.4. The molecule has 35 heavy (non-hydrogen) atoms. The molecular formula is C24H23N5O5S. The minimum Gasteiger partial charge on any atom is -0.377 e. The number of ether oxygens (including phenoxy) is 1. The number of nitrogens with zero attached hydrogens (tertiary/aromatic N) is 4. The van der Waals surface area contributed by atoms with Crippen molar-refractivity contribution >= 4 is 33.2 Å². The lowest BCUT2D eigenvalue weighted by atomic mass is 10.1. The van der Waals surface area contributed by atoms with Gasteiger partial charge in [-0.05, 0) is 29.8 Å². The van der Waals surface area contributed by atoms with Crippen LogP contribution in [0, 0.1) is 0 Å². The predicted molar refractivity (Wildman–Crippen MR) is 129 cm³/mol. The van der Waals surface area contributed by atoms with E-state index >= 15 is 0 Å². The normalized spacial score (nSPS) is 17.6. The zero-order valence-electron chi connectivity index (χ0n) is 18.9. The van der Waals surface area contributed by atoms with Crippen molar-refractivity contribution in [3.05, 3.63) is 65.9 Å². The molecule has 0 spiro atoms. The van der Waals surface area contributed by atoms with E-state index in [0.717, 1.165) is 11.8 Å². The van der Waals surface area contributed by atoms with E-state index < -0.39 is 21.8 Å². The van der Waals surface area contributed by atoms with Crippen molar-refractivity contribution in [3.8, 4) is 11.4 Å². The Morgan fingerprint density at radius 3 is 2.51 bits per heavy atom. The average molecular weight is 494 g/mol. The summed E-state index contributed by atoms with van der Waals surface area (Å²) in [6.07, 6.45) is 2.77. The highest BCUT2D eigenvalue weighted by molar-refractivity contribution is 7.90. The van der Waals surface area contributed by atoms with E-state index in [2.05, 4.69) is 4.98 Å². The second-order valence-corrected chi connectivity index (χ2v) is 10.5. The largest absolute Gasteiger partial charge is 0.377 e. The van der Waals surface area contributed by atoms with Crippen LogP contribution in [0.1, 0.15) is 15.9 Å². The van der Waals surface area contributed by atoms with Crippen LogP contribution in [-0.2, 0) is 25.9 Å². The second kappa shape index (κ2) is 8.75. The fourth-order valence-corrected chi connectivity index (χ4v) is 4.87. The molecule has 1 atom stereocenters. The molecule has 2 aliphatic heterocycles. The van der Waals surface area contributed by atoms with E-state index in [9.17, 15) is 18.0 Å². The van der Waals surface area contributed by atoms with Crippen LogP contribution in [-0.4, -0.2) is 62.3 Å². The molecule has 0 radical (unpaired) electrons. The van der Waals surface area contributed by atoms with E-state index in [0.29, 0.717) is 41.6 Å². The number of anilines is 2. The Morgan fingerprint density at radius 2 is 1.86 bits per heavy atom. The van der Waals surface area contributed by atoms with Gasteiger partial charge in [0, 0.05) is 23.9 Å². The van der Waals surface area contributed by atoms with E-state index in [1.165, 1.54) is 12.1 Å². The van der Waals surface area contributed by atoms with Gasteiger partial charge in [-0.3, -0.25) is 9.59 Å². The Morgan fingerprint density at radius 1 is 1.14 bits per heavy atom. The van der Waals surface area contributed by atoms with Gasteiger partial charge < -0.3 is 20.3 Å². The van der Waals surface area contributed by atoms with Gasteiger partial charge >= 0.3 is 0 Å². The van der Waals surface area contributed by atoms with Gasteiger partial charge in [-0.25, -0.2) is 18.4 Å². The maximum Gasteiger partial charge on any atom is 0.252 e. The van der Waals surface area contributed by atoms with Gasteiger partial charge in [0.1, 0.15) is 11.7 Å².